The summed E-state index contributed by atoms with van der Waals surface area (Å²) in [5.74, 6) is -0.0898. The average molecular weight is 1010 g/mol. The number of imidazole rings is 2. The Morgan fingerprint density at radius 1 is 0.613 bits per heavy atom. The quantitative estimate of drug-likeness (QED) is 0.0511. The summed E-state index contributed by atoms with van der Waals surface area (Å²) >= 11 is 0. The Bertz CT molecular complexity index is 2530. The lowest BCUT2D eigenvalue weighted by molar-refractivity contribution is -0.0423. The Kier molecular flexibility index (Phi) is 14.9. The lowest BCUT2D eigenvalue weighted by Crippen LogP contribution is -2.26. The van der Waals surface area contributed by atoms with E-state index in [1.54, 1.807) is 0 Å². The molecule has 4 unspecified atom stereocenters. The number of aromatic amines is 2. The van der Waals surface area contributed by atoms with Crippen molar-refractivity contribution in [2.45, 2.75) is 49.7 Å². The van der Waals surface area contributed by atoms with Crippen molar-refractivity contribution in [3.8, 4) is 0 Å². The summed E-state index contributed by atoms with van der Waals surface area (Å²) in [5, 5.41) is 20.3. The van der Waals surface area contributed by atoms with Crippen molar-refractivity contribution < 1.29 is 113 Å². The van der Waals surface area contributed by atoms with Crippen molar-refractivity contribution in [1.29, 1.82) is 0 Å². The highest BCUT2D eigenvalue weighted by Gasteiger charge is 2.45. The summed E-state index contributed by atoms with van der Waals surface area (Å²) in [7, 11) is -33.1. The highest BCUT2D eigenvalue weighted by atomic mass is 31.3. The van der Waals surface area contributed by atoms with E-state index < -0.39 is 108 Å². The monoisotopic (exact) mass is 1010 g/mol. The van der Waals surface area contributed by atoms with E-state index in [1.807, 2.05) is 0 Å². The van der Waals surface area contributed by atoms with Crippen molar-refractivity contribution in [2.24, 2.45) is 0 Å². The molecule has 0 saturated carbocycles. The molecule has 0 amide bonds. The lowest BCUT2D eigenvalue weighted by Gasteiger charge is -2.19. The average Bonchev–Trinajstić information content (AvgIpc) is 3.85. The SMILES string of the molecule is Nc1[nH]c(=O)nc2c1ncn2[C@H]1C[C@H](O)[C@@H](COP(=O)(O)OP(=O)(O)OP(=O)(O)O)O1.Nc1[nH]c(=O)nc2c1ncn2[C@H]1C[C@H](O)[C@@H](COP(=O)(O)OP(=O)(O)OP(=O)(O)O)O1. The van der Waals surface area contributed by atoms with Gasteiger partial charge in [-0.15, -0.1) is 0 Å². The van der Waals surface area contributed by atoms with Crippen molar-refractivity contribution in [3.63, 3.8) is 0 Å². The Morgan fingerprint density at radius 2 is 0.952 bits per heavy atom. The van der Waals surface area contributed by atoms with Crippen LogP contribution in [0.3, 0.4) is 0 Å². The van der Waals surface area contributed by atoms with Crippen LogP contribution in [0.5, 0.6) is 0 Å². The molecule has 6 heterocycles. The van der Waals surface area contributed by atoms with Gasteiger partial charge < -0.3 is 70.3 Å². The van der Waals surface area contributed by atoms with Gasteiger partial charge >= 0.3 is 58.3 Å². The fourth-order valence-corrected chi connectivity index (χ4v) is 11.4. The van der Waals surface area contributed by atoms with Crippen LogP contribution in [0.15, 0.2) is 22.2 Å². The zero-order chi connectivity index (χ0) is 46.4. The molecule has 4 aromatic heterocycles. The number of ether oxygens (including phenoxy) is 2. The molecule has 16 N–H and O–H groups in total. The maximum atomic E-state index is 11.8. The molecule has 4 aromatic rings. The number of nitrogens with zero attached hydrogens (tertiary/aromatic N) is 6. The third kappa shape index (κ3) is 13.5. The predicted octanol–water partition coefficient (Wildman–Crippen LogP) is -2.61. The second-order valence-electron chi connectivity index (χ2n) is 12.2. The number of nitrogen functional groups attached to an aromatic ring is 2. The van der Waals surface area contributed by atoms with Gasteiger partial charge in [0, 0.05) is 12.8 Å². The van der Waals surface area contributed by atoms with Crippen molar-refractivity contribution in [1.82, 2.24) is 39.0 Å². The number of H-pyrrole nitrogens is 2. The number of aromatic nitrogens is 8. The molecular formula is C20H32N10O26P6. The summed E-state index contributed by atoms with van der Waals surface area (Å²) in [6.07, 6.45) is -4.64. The van der Waals surface area contributed by atoms with Gasteiger partial charge in [-0.05, 0) is 0 Å². The summed E-state index contributed by atoms with van der Waals surface area (Å²) in [6, 6.07) is 0. The molecule has 0 radical (unpaired) electrons. The molecule has 10 atom stereocenters. The molecule has 348 valence electrons. The van der Waals surface area contributed by atoms with Crippen LogP contribution in [0.4, 0.5) is 11.6 Å². The second kappa shape index (κ2) is 18.4. The number of anilines is 2. The van der Waals surface area contributed by atoms with E-state index in [0.717, 1.165) is 0 Å². The standard InChI is InChI=1S/2C10H16N5O13P3/c2*11-8-7-9(14-10(17)13-8)15(3-12-7)6-1-4(16)5(26-6)2-25-30(21,22)28-31(23,24)27-29(18,19)20/h2*3-6,16H,1-2H2,(H,21,22)(H,23,24)(H2,18,19,20)(H3,11,13,14,17)/t2*4-,5+,6+/m00/s1. The number of aliphatic hydroxyl groups excluding tert-OH is 2. The molecule has 0 bridgehead atoms. The Hall–Kier alpha value is -3.04. The topological polar surface area (TPSA) is 558 Å². The van der Waals surface area contributed by atoms with Crippen molar-refractivity contribution in [2.75, 3.05) is 24.7 Å². The smallest absolute Gasteiger partial charge is 0.390 e. The number of hydrogen-bond acceptors (Lipinski definition) is 24. The van der Waals surface area contributed by atoms with E-state index in [9.17, 15) is 57.0 Å². The van der Waals surface area contributed by atoms with Gasteiger partial charge in [-0.2, -0.15) is 27.2 Å². The number of rotatable bonds is 16. The molecular weight excluding hydrogens is 982 g/mol. The lowest BCUT2D eigenvalue weighted by atomic mass is 10.2. The molecule has 42 heteroatoms. The van der Waals surface area contributed by atoms with E-state index >= 15 is 0 Å². The number of phosphoric acid groups is 6. The number of phosphoric ester groups is 2. The minimum atomic E-state index is -5.67. The van der Waals surface area contributed by atoms with Gasteiger partial charge in [0.2, 0.25) is 0 Å². The third-order valence-corrected chi connectivity index (χ3v) is 15.2. The molecule has 62 heavy (non-hydrogen) atoms. The van der Waals surface area contributed by atoms with Crippen LogP contribution in [0.1, 0.15) is 25.3 Å². The van der Waals surface area contributed by atoms with E-state index in [1.165, 1.54) is 21.8 Å². The molecule has 2 saturated heterocycles. The van der Waals surface area contributed by atoms with Gasteiger partial charge in [0.05, 0.1) is 38.1 Å². The molecule has 6 rings (SSSR count). The van der Waals surface area contributed by atoms with Gasteiger partial charge in [0.1, 0.15) is 47.3 Å². The number of aliphatic hydroxyl groups is 2. The van der Waals surface area contributed by atoms with Crippen LogP contribution in [-0.2, 0) is 63.2 Å². The first-order valence-electron chi connectivity index (χ1n) is 16.0. The molecule has 0 aliphatic carbocycles. The van der Waals surface area contributed by atoms with E-state index in [0.29, 0.717) is 0 Å². The Labute approximate surface area is 340 Å². The minimum absolute atomic E-state index is 0.0449. The first-order valence-corrected chi connectivity index (χ1v) is 25.0. The van der Waals surface area contributed by atoms with Crippen LogP contribution < -0.4 is 22.8 Å². The normalized spacial score (nSPS) is 26.0. The van der Waals surface area contributed by atoms with Crippen LogP contribution >= 0.6 is 46.9 Å². The zero-order valence-corrected chi connectivity index (χ0v) is 35.3. The molecule has 2 fully saturated rings. The van der Waals surface area contributed by atoms with Gasteiger partial charge in [0.25, 0.3) is 0 Å². The highest BCUT2D eigenvalue weighted by molar-refractivity contribution is 7.67. The van der Waals surface area contributed by atoms with E-state index in [-0.39, 0.29) is 46.8 Å². The van der Waals surface area contributed by atoms with Gasteiger partial charge in [-0.25, -0.2) is 46.9 Å². The van der Waals surface area contributed by atoms with Crippen LogP contribution in [0.2, 0.25) is 0 Å². The van der Waals surface area contributed by atoms with Gasteiger partial charge in [0.15, 0.2) is 11.3 Å². The summed E-state index contributed by atoms with van der Waals surface area (Å²) < 4.78 is 104. The summed E-state index contributed by atoms with van der Waals surface area (Å²) in [6.45, 7) is -1.69. The van der Waals surface area contributed by atoms with Gasteiger partial charge in [-0.3, -0.25) is 28.1 Å². The largest absolute Gasteiger partial charge is 0.490 e. The number of nitrogens with one attached hydrogen (secondary N) is 2. The first-order chi connectivity index (χ1) is 28.3. The number of hydrogen-bond donors (Lipinski definition) is 14. The van der Waals surface area contributed by atoms with Crippen molar-refractivity contribution in [3.05, 3.63) is 33.6 Å². The molecule has 36 nitrogen and oxygen atoms in total. The van der Waals surface area contributed by atoms with Crippen LogP contribution in [0, 0.1) is 0 Å². The summed E-state index contributed by atoms with van der Waals surface area (Å²) in [5.41, 5.74) is 10.2. The highest BCUT2D eigenvalue weighted by Crippen LogP contribution is 2.67. The number of fused-ring (bicyclic) bond motifs is 2. The van der Waals surface area contributed by atoms with Crippen molar-refractivity contribution >= 4 is 80.9 Å². The summed E-state index contributed by atoms with van der Waals surface area (Å²) in [4.78, 5) is 114. The number of nitrogens with two attached hydrogens (primary N) is 2. The first kappa shape index (κ1) is 50.0. The minimum Gasteiger partial charge on any atom is -0.390 e. The van der Waals surface area contributed by atoms with Gasteiger partial charge in [-0.1, -0.05) is 0 Å². The maximum absolute atomic E-state index is 11.8. The Balaban J connectivity index is 0.000000234. The van der Waals surface area contributed by atoms with E-state index in [4.69, 9.17) is 50.3 Å². The molecule has 0 aromatic carbocycles. The fraction of sp³-hybridized carbons (Fsp3) is 0.500. The van der Waals surface area contributed by atoms with Crippen LogP contribution in [-0.4, -0.2) is 126 Å². The molecule has 0 spiro atoms. The third-order valence-electron chi connectivity index (χ3n) is 7.61. The van der Waals surface area contributed by atoms with E-state index in [2.05, 4.69) is 56.2 Å². The zero-order valence-electron chi connectivity index (χ0n) is 30.0. The Morgan fingerprint density at radius 3 is 1.27 bits per heavy atom. The van der Waals surface area contributed by atoms with Crippen LogP contribution in [0.25, 0.3) is 22.3 Å². The maximum Gasteiger partial charge on any atom is 0.490 e. The predicted molar refractivity (Wildman–Crippen MR) is 194 cm³/mol. The molecule has 2 aliphatic heterocycles. The fourth-order valence-electron chi connectivity index (χ4n) is 5.34. The second-order valence-corrected chi connectivity index (χ2v) is 21.0. The molecule has 2 aliphatic rings.